The fraction of sp³-hybridized carbons (Fsp3) is 0.750. The van der Waals surface area contributed by atoms with E-state index >= 15 is 0 Å². The van der Waals surface area contributed by atoms with E-state index in [9.17, 15) is 8.42 Å². The van der Waals surface area contributed by atoms with Crippen LogP contribution >= 0.6 is 0 Å². The molecular formula is C12H23N5O2S. The van der Waals surface area contributed by atoms with Gasteiger partial charge in [0.05, 0.1) is 6.20 Å². The number of rotatable bonds is 7. The molecule has 20 heavy (non-hydrogen) atoms. The number of nitrogens with one attached hydrogen (secondary N) is 1. The van der Waals surface area contributed by atoms with Crippen molar-refractivity contribution in [2.24, 2.45) is 5.73 Å². The molecule has 2 heterocycles. The summed E-state index contributed by atoms with van der Waals surface area (Å²) < 4.78 is 28.6. The van der Waals surface area contributed by atoms with Crippen LogP contribution in [0.25, 0.3) is 0 Å². The molecule has 0 amide bonds. The highest BCUT2D eigenvalue weighted by Crippen LogP contribution is 2.15. The van der Waals surface area contributed by atoms with Gasteiger partial charge >= 0.3 is 0 Å². The predicted octanol–water partition coefficient (Wildman–Crippen LogP) is -0.396. The molecule has 1 aliphatic heterocycles. The molecule has 3 N–H and O–H groups in total. The van der Waals surface area contributed by atoms with Crippen LogP contribution in [0.3, 0.4) is 0 Å². The Morgan fingerprint density at radius 1 is 1.55 bits per heavy atom. The van der Waals surface area contributed by atoms with E-state index in [0.29, 0.717) is 19.6 Å². The normalized spacial score (nSPS) is 20.6. The summed E-state index contributed by atoms with van der Waals surface area (Å²) in [7, 11) is -1.44. The zero-order valence-corrected chi connectivity index (χ0v) is 12.6. The van der Waals surface area contributed by atoms with Crippen LogP contribution < -0.4 is 10.5 Å². The number of aromatic nitrogens is 2. The first kappa shape index (κ1) is 15.4. The maximum atomic E-state index is 12.2. The van der Waals surface area contributed by atoms with Gasteiger partial charge in [0.2, 0.25) is 10.0 Å². The lowest BCUT2D eigenvalue weighted by molar-refractivity contribution is 0.311. The number of likely N-dealkylation sites (N-methyl/N-ethyl adjacent to an activating group) is 1. The highest BCUT2D eigenvalue weighted by Gasteiger charge is 2.24. The molecule has 0 saturated carbocycles. The molecule has 1 fully saturated rings. The van der Waals surface area contributed by atoms with Gasteiger partial charge in [0.25, 0.3) is 0 Å². The van der Waals surface area contributed by atoms with Gasteiger partial charge < -0.3 is 10.6 Å². The number of hydrogen-bond donors (Lipinski definition) is 2. The SMILES string of the molecule is CN1CCCC1CNS(=O)(=O)c1cnn(CCCN)c1. The molecule has 2 rings (SSSR count). The fourth-order valence-electron chi connectivity index (χ4n) is 2.39. The zero-order chi connectivity index (χ0) is 14.6. The quantitative estimate of drug-likeness (QED) is 0.715. The van der Waals surface area contributed by atoms with Crippen molar-refractivity contribution in [3.8, 4) is 0 Å². The maximum absolute atomic E-state index is 12.2. The van der Waals surface area contributed by atoms with E-state index in [1.807, 2.05) is 7.05 Å². The molecule has 8 heteroatoms. The van der Waals surface area contributed by atoms with E-state index in [-0.39, 0.29) is 10.9 Å². The second kappa shape index (κ2) is 6.66. The topological polar surface area (TPSA) is 93.2 Å². The monoisotopic (exact) mass is 301 g/mol. The van der Waals surface area contributed by atoms with Crippen molar-refractivity contribution in [2.45, 2.75) is 36.7 Å². The number of aryl methyl sites for hydroxylation is 1. The van der Waals surface area contributed by atoms with Crippen molar-refractivity contribution in [1.29, 1.82) is 0 Å². The molecule has 0 radical (unpaired) electrons. The van der Waals surface area contributed by atoms with Gasteiger partial charge in [-0.1, -0.05) is 0 Å². The third kappa shape index (κ3) is 3.78. The Bertz CT molecular complexity index is 528. The summed E-state index contributed by atoms with van der Waals surface area (Å²) in [6, 6.07) is 0.289. The fourth-order valence-corrected chi connectivity index (χ4v) is 3.41. The van der Waals surface area contributed by atoms with Gasteiger partial charge in [0, 0.05) is 25.3 Å². The average Bonchev–Trinajstić information content (AvgIpc) is 3.03. The van der Waals surface area contributed by atoms with Gasteiger partial charge in [-0.3, -0.25) is 4.68 Å². The van der Waals surface area contributed by atoms with E-state index in [4.69, 9.17) is 5.73 Å². The van der Waals surface area contributed by atoms with Crippen LogP contribution in [-0.4, -0.2) is 55.8 Å². The van der Waals surface area contributed by atoms with Gasteiger partial charge in [-0.25, -0.2) is 13.1 Å². The Hall–Kier alpha value is -0.960. The van der Waals surface area contributed by atoms with Gasteiger partial charge in [0.15, 0.2) is 0 Å². The molecule has 0 aromatic carbocycles. The molecule has 1 unspecified atom stereocenters. The highest BCUT2D eigenvalue weighted by atomic mass is 32.2. The van der Waals surface area contributed by atoms with E-state index in [1.54, 1.807) is 10.9 Å². The number of nitrogens with two attached hydrogens (primary N) is 1. The Labute approximate surface area is 120 Å². The van der Waals surface area contributed by atoms with Crippen LogP contribution in [0.1, 0.15) is 19.3 Å². The van der Waals surface area contributed by atoms with E-state index in [2.05, 4.69) is 14.7 Å². The minimum Gasteiger partial charge on any atom is -0.330 e. The van der Waals surface area contributed by atoms with E-state index in [0.717, 1.165) is 25.8 Å². The number of nitrogens with zero attached hydrogens (tertiary/aromatic N) is 3. The lowest BCUT2D eigenvalue weighted by Gasteiger charge is -2.19. The maximum Gasteiger partial charge on any atom is 0.243 e. The predicted molar refractivity (Wildman–Crippen MR) is 76.7 cm³/mol. The highest BCUT2D eigenvalue weighted by molar-refractivity contribution is 7.89. The van der Waals surface area contributed by atoms with Crippen molar-refractivity contribution in [3.05, 3.63) is 12.4 Å². The summed E-state index contributed by atoms with van der Waals surface area (Å²) in [5, 5.41) is 4.05. The molecule has 1 aromatic rings. The lowest BCUT2D eigenvalue weighted by atomic mass is 10.2. The van der Waals surface area contributed by atoms with Gasteiger partial charge in [-0.05, 0) is 39.4 Å². The third-order valence-corrected chi connectivity index (χ3v) is 5.07. The van der Waals surface area contributed by atoms with Crippen LogP contribution in [0.4, 0.5) is 0 Å². The summed E-state index contributed by atoms with van der Waals surface area (Å²) in [4.78, 5) is 2.41. The molecule has 0 aliphatic carbocycles. The summed E-state index contributed by atoms with van der Waals surface area (Å²) in [5.41, 5.74) is 5.42. The molecule has 114 valence electrons. The first-order valence-electron chi connectivity index (χ1n) is 6.95. The number of sulfonamides is 1. The average molecular weight is 301 g/mol. The molecule has 1 atom stereocenters. The second-order valence-corrected chi connectivity index (χ2v) is 6.98. The van der Waals surface area contributed by atoms with Crippen LogP contribution in [0.5, 0.6) is 0 Å². The van der Waals surface area contributed by atoms with E-state index < -0.39 is 10.0 Å². The molecule has 0 bridgehead atoms. The van der Waals surface area contributed by atoms with Crippen LogP contribution in [0.2, 0.25) is 0 Å². The molecule has 1 aliphatic rings. The van der Waals surface area contributed by atoms with Gasteiger partial charge in [-0.15, -0.1) is 0 Å². The largest absolute Gasteiger partial charge is 0.330 e. The molecule has 1 aromatic heterocycles. The Kier molecular flexibility index (Phi) is 5.14. The lowest BCUT2D eigenvalue weighted by Crippen LogP contribution is -2.38. The van der Waals surface area contributed by atoms with Crippen molar-refractivity contribution in [1.82, 2.24) is 19.4 Å². The van der Waals surface area contributed by atoms with Gasteiger partial charge in [-0.2, -0.15) is 5.10 Å². The summed E-state index contributed by atoms with van der Waals surface area (Å²) in [6.45, 7) is 2.68. The summed E-state index contributed by atoms with van der Waals surface area (Å²) in [6.07, 6.45) is 5.88. The smallest absolute Gasteiger partial charge is 0.243 e. The number of likely N-dealkylation sites (tertiary alicyclic amines) is 1. The number of hydrogen-bond acceptors (Lipinski definition) is 5. The second-order valence-electron chi connectivity index (χ2n) is 5.21. The minimum absolute atomic E-state index is 0.218. The van der Waals surface area contributed by atoms with Crippen molar-refractivity contribution in [3.63, 3.8) is 0 Å². The molecule has 1 saturated heterocycles. The molecule has 0 spiro atoms. The Morgan fingerprint density at radius 3 is 3.00 bits per heavy atom. The van der Waals surface area contributed by atoms with E-state index in [1.165, 1.54) is 6.20 Å². The first-order valence-corrected chi connectivity index (χ1v) is 8.43. The van der Waals surface area contributed by atoms with Crippen molar-refractivity contribution in [2.75, 3.05) is 26.7 Å². The first-order chi connectivity index (χ1) is 9.53. The van der Waals surface area contributed by atoms with Crippen molar-refractivity contribution >= 4 is 10.0 Å². The Morgan fingerprint density at radius 2 is 2.35 bits per heavy atom. The molecule has 7 nitrogen and oxygen atoms in total. The van der Waals surface area contributed by atoms with Gasteiger partial charge in [0.1, 0.15) is 4.90 Å². The standard InChI is InChI=1S/C12H23N5O2S/c1-16-6-2-4-11(16)8-15-20(18,19)12-9-14-17(10-12)7-3-5-13/h9-11,15H,2-8,13H2,1H3. The van der Waals surface area contributed by atoms with Crippen LogP contribution in [0, 0.1) is 0 Å². The zero-order valence-electron chi connectivity index (χ0n) is 11.8. The summed E-state index contributed by atoms with van der Waals surface area (Å²) >= 11 is 0. The van der Waals surface area contributed by atoms with Crippen LogP contribution in [-0.2, 0) is 16.6 Å². The third-order valence-electron chi connectivity index (χ3n) is 3.69. The van der Waals surface area contributed by atoms with Crippen LogP contribution in [0.15, 0.2) is 17.3 Å². The molecular weight excluding hydrogens is 278 g/mol. The summed E-state index contributed by atoms with van der Waals surface area (Å²) in [5.74, 6) is 0. The minimum atomic E-state index is -3.47. The van der Waals surface area contributed by atoms with Crippen molar-refractivity contribution < 1.29 is 8.42 Å². The Balaban J connectivity index is 1.93.